The lowest BCUT2D eigenvalue weighted by molar-refractivity contribution is 0.300. The SMILES string of the molecule is CCc1ccc(NC)cc1OC1CC1. The maximum absolute atomic E-state index is 5.85. The van der Waals surface area contributed by atoms with Gasteiger partial charge in [-0.15, -0.1) is 0 Å². The fraction of sp³-hybridized carbons (Fsp3) is 0.500. The Morgan fingerprint density at radius 1 is 1.43 bits per heavy atom. The number of aryl methyl sites for hydroxylation is 1. The Balaban J connectivity index is 2.21. The molecule has 0 aliphatic heterocycles. The molecule has 0 atom stereocenters. The molecule has 2 rings (SSSR count). The molecule has 0 radical (unpaired) electrons. The summed E-state index contributed by atoms with van der Waals surface area (Å²) < 4.78 is 5.85. The highest BCUT2D eigenvalue weighted by molar-refractivity contribution is 5.51. The Morgan fingerprint density at radius 2 is 2.21 bits per heavy atom. The van der Waals surface area contributed by atoms with E-state index in [1.807, 2.05) is 7.05 Å². The van der Waals surface area contributed by atoms with Crippen LogP contribution in [0.5, 0.6) is 5.75 Å². The smallest absolute Gasteiger partial charge is 0.124 e. The summed E-state index contributed by atoms with van der Waals surface area (Å²) in [4.78, 5) is 0. The highest BCUT2D eigenvalue weighted by atomic mass is 16.5. The van der Waals surface area contributed by atoms with Crippen molar-refractivity contribution in [3.63, 3.8) is 0 Å². The molecule has 0 amide bonds. The molecule has 1 fully saturated rings. The average molecular weight is 191 g/mol. The first-order valence-electron chi connectivity index (χ1n) is 5.31. The van der Waals surface area contributed by atoms with Crippen molar-refractivity contribution in [3.05, 3.63) is 23.8 Å². The molecule has 1 saturated carbocycles. The zero-order valence-electron chi connectivity index (χ0n) is 8.84. The third-order valence-corrected chi connectivity index (χ3v) is 2.55. The number of benzene rings is 1. The minimum atomic E-state index is 0.479. The number of anilines is 1. The van der Waals surface area contributed by atoms with Crippen molar-refractivity contribution in [1.29, 1.82) is 0 Å². The van der Waals surface area contributed by atoms with Gasteiger partial charge in [0.2, 0.25) is 0 Å². The maximum atomic E-state index is 5.85. The van der Waals surface area contributed by atoms with E-state index in [1.165, 1.54) is 18.4 Å². The van der Waals surface area contributed by atoms with E-state index in [1.54, 1.807) is 0 Å². The Hall–Kier alpha value is -1.18. The molecule has 0 unspecified atom stereocenters. The van der Waals surface area contributed by atoms with Crippen molar-refractivity contribution >= 4 is 5.69 Å². The lowest BCUT2D eigenvalue weighted by Gasteiger charge is -2.11. The van der Waals surface area contributed by atoms with Gasteiger partial charge in [0.15, 0.2) is 0 Å². The topological polar surface area (TPSA) is 21.3 Å². The van der Waals surface area contributed by atoms with Crippen LogP contribution in [0.4, 0.5) is 5.69 Å². The molecule has 0 spiro atoms. The predicted molar refractivity (Wildman–Crippen MR) is 59.0 cm³/mol. The second kappa shape index (κ2) is 3.91. The zero-order valence-corrected chi connectivity index (χ0v) is 8.84. The summed E-state index contributed by atoms with van der Waals surface area (Å²) in [6.07, 6.45) is 3.94. The van der Waals surface area contributed by atoms with Gasteiger partial charge >= 0.3 is 0 Å². The van der Waals surface area contributed by atoms with E-state index >= 15 is 0 Å². The quantitative estimate of drug-likeness (QED) is 0.790. The summed E-state index contributed by atoms with van der Waals surface area (Å²) in [5, 5.41) is 3.13. The van der Waals surface area contributed by atoms with E-state index in [-0.39, 0.29) is 0 Å². The molecule has 1 aliphatic rings. The van der Waals surface area contributed by atoms with Crippen LogP contribution in [-0.2, 0) is 6.42 Å². The molecule has 0 heterocycles. The lowest BCUT2D eigenvalue weighted by Crippen LogP contribution is -2.00. The van der Waals surface area contributed by atoms with Crippen molar-refractivity contribution < 1.29 is 4.74 Å². The van der Waals surface area contributed by atoms with E-state index in [4.69, 9.17) is 4.74 Å². The van der Waals surface area contributed by atoms with Crippen LogP contribution in [0.1, 0.15) is 25.3 Å². The first kappa shape index (κ1) is 9.38. The maximum Gasteiger partial charge on any atom is 0.124 e. The van der Waals surface area contributed by atoms with Crippen molar-refractivity contribution in [1.82, 2.24) is 0 Å². The molecule has 1 aromatic carbocycles. The minimum absolute atomic E-state index is 0.479. The van der Waals surface area contributed by atoms with E-state index in [0.717, 1.165) is 17.9 Å². The second-order valence-electron chi connectivity index (χ2n) is 3.74. The summed E-state index contributed by atoms with van der Waals surface area (Å²) in [6.45, 7) is 2.16. The number of rotatable bonds is 4. The van der Waals surface area contributed by atoms with Crippen LogP contribution in [0.25, 0.3) is 0 Å². The van der Waals surface area contributed by atoms with Crippen LogP contribution in [0, 0.1) is 0 Å². The third kappa shape index (κ3) is 2.00. The lowest BCUT2D eigenvalue weighted by atomic mass is 10.1. The predicted octanol–water partition coefficient (Wildman–Crippen LogP) is 2.83. The van der Waals surface area contributed by atoms with Crippen molar-refractivity contribution in [2.24, 2.45) is 0 Å². The number of hydrogen-bond acceptors (Lipinski definition) is 2. The van der Waals surface area contributed by atoms with E-state index in [2.05, 4.69) is 30.4 Å². The molecule has 0 aromatic heterocycles. The molecule has 76 valence electrons. The number of ether oxygens (including phenoxy) is 1. The van der Waals surface area contributed by atoms with Crippen molar-refractivity contribution in [2.75, 3.05) is 12.4 Å². The van der Waals surface area contributed by atoms with Crippen LogP contribution < -0.4 is 10.1 Å². The van der Waals surface area contributed by atoms with Crippen LogP contribution in [-0.4, -0.2) is 13.2 Å². The molecular weight excluding hydrogens is 174 g/mol. The Morgan fingerprint density at radius 3 is 2.79 bits per heavy atom. The Labute approximate surface area is 85.3 Å². The molecule has 0 saturated heterocycles. The van der Waals surface area contributed by atoms with Crippen LogP contribution in [0.3, 0.4) is 0 Å². The molecular formula is C12H17NO. The summed E-state index contributed by atoms with van der Waals surface area (Å²) in [5.41, 5.74) is 2.42. The van der Waals surface area contributed by atoms with Crippen LogP contribution in [0.15, 0.2) is 18.2 Å². The molecule has 2 heteroatoms. The van der Waals surface area contributed by atoms with Gasteiger partial charge < -0.3 is 10.1 Å². The van der Waals surface area contributed by atoms with Gasteiger partial charge in [-0.2, -0.15) is 0 Å². The van der Waals surface area contributed by atoms with Crippen LogP contribution in [0.2, 0.25) is 0 Å². The highest BCUT2D eigenvalue weighted by Gasteiger charge is 2.24. The summed E-state index contributed by atoms with van der Waals surface area (Å²) in [7, 11) is 1.93. The van der Waals surface area contributed by atoms with Gasteiger partial charge in [0.25, 0.3) is 0 Å². The van der Waals surface area contributed by atoms with E-state index in [0.29, 0.717) is 6.10 Å². The second-order valence-corrected chi connectivity index (χ2v) is 3.74. The molecule has 14 heavy (non-hydrogen) atoms. The number of nitrogens with one attached hydrogen (secondary N) is 1. The van der Waals surface area contributed by atoms with Gasteiger partial charge in [0, 0.05) is 18.8 Å². The number of hydrogen-bond donors (Lipinski definition) is 1. The summed E-state index contributed by atoms with van der Waals surface area (Å²) in [6, 6.07) is 6.33. The standard InChI is InChI=1S/C12H17NO/c1-3-9-4-5-10(13-2)8-12(9)14-11-6-7-11/h4-5,8,11,13H,3,6-7H2,1-2H3. The summed E-state index contributed by atoms with van der Waals surface area (Å²) in [5.74, 6) is 1.06. The van der Waals surface area contributed by atoms with Gasteiger partial charge in [0.1, 0.15) is 5.75 Å². The molecule has 0 bridgehead atoms. The average Bonchev–Trinajstić information content (AvgIpc) is 3.01. The first-order valence-corrected chi connectivity index (χ1v) is 5.31. The van der Waals surface area contributed by atoms with Crippen molar-refractivity contribution in [3.8, 4) is 5.75 Å². The fourth-order valence-electron chi connectivity index (χ4n) is 1.48. The first-order chi connectivity index (χ1) is 6.83. The Bertz CT molecular complexity index is 318. The van der Waals surface area contributed by atoms with Gasteiger partial charge in [-0.3, -0.25) is 0 Å². The van der Waals surface area contributed by atoms with Gasteiger partial charge in [-0.05, 0) is 30.9 Å². The van der Waals surface area contributed by atoms with Gasteiger partial charge in [-0.25, -0.2) is 0 Å². The van der Waals surface area contributed by atoms with Crippen LogP contribution >= 0.6 is 0 Å². The Kier molecular flexibility index (Phi) is 2.62. The third-order valence-electron chi connectivity index (χ3n) is 2.55. The van der Waals surface area contributed by atoms with Crippen molar-refractivity contribution in [2.45, 2.75) is 32.3 Å². The van der Waals surface area contributed by atoms with Gasteiger partial charge in [0.05, 0.1) is 6.10 Å². The zero-order chi connectivity index (χ0) is 9.97. The van der Waals surface area contributed by atoms with Gasteiger partial charge in [-0.1, -0.05) is 13.0 Å². The molecule has 1 aliphatic carbocycles. The largest absolute Gasteiger partial charge is 0.490 e. The monoisotopic (exact) mass is 191 g/mol. The van der Waals surface area contributed by atoms with E-state index in [9.17, 15) is 0 Å². The molecule has 2 nitrogen and oxygen atoms in total. The fourth-order valence-corrected chi connectivity index (χ4v) is 1.48. The minimum Gasteiger partial charge on any atom is -0.490 e. The summed E-state index contributed by atoms with van der Waals surface area (Å²) >= 11 is 0. The molecule has 1 aromatic rings. The normalized spacial score (nSPS) is 15.3. The van der Waals surface area contributed by atoms with E-state index < -0.39 is 0 Å². The highest BCUT2D eigenvalue weighted by Crippen LogP contribution is 2.31. The molecule has 1 N–H and O–H groups in total.